The molecule has 1 nitrogen and oxygen atoms in total. The van der Waals surface area contributed by atoms with Crippen molar-refractivity contribution < 1.29 is 0 Å². The molecule has 0 bridgehead atoms. The summed E-state index contributed by atoms with van der Waals surface area (Å²) in [6, 6.07) is 9.34. The molecule has 2 N–H and O–H groups in total. The van der Waals surface area contributed by atoms with Gasteiger partial charge in [-0.15, -0.1) is 0 Å². The van der Waals surface area contributed by atoms with Crippen molar-refractivity contribution in [3.63, 3.8) is 0 Å². The predicted octanol–water partition coefficient (Wildman–Crippen LogP) is 3.35. The summed E-state index contributed by atoms with van der Waals surface area (Å²) in [5.41, 5.74) is 12.1. The maximum absolute atomic E-state index is 6.25. The van der Waals surface area contributed by atoms with Crippen molar-refractivity contribution in [1.82, 2.24) is 0 Å². The lowest BCUT2D eigenvalue weighted by Gasteiger charge is -2.12. The van der Waals surface area contributed by atoms with Gasteiger partial charge in [-0.25, -0.2) is 0 Å². The van der Waals surface area contributed by atoms with Crippen molar-refractivity contribution in [2.45, 2.75) is 38.1 Å². The summed E-state index contributed by atoms with van der Waals surface area (Å²) in [6.45, 7) is 0. The fraction of sp³-hybridized carbons (Fsp3) is 0.375. The van der Waals surface area contributed by atoms with Gasteiger partial charge < -0.3 is 5.73 Å². The Morgan fingerprint density at radius 2 is 1.89 bits per heavy atom. The van der Waals surface area contributed by atoms with Crippen molar-refractivity contribution in [2.75, 3.05) is 0 Å². The molecule has 1 aromatic carbocycles. The quantitative estimate of drug-likeness (QED) is 0.893. The van der Waals surface area contributed by atoms with E-state index < -0.39 is 0 Å². The number of thiophene rings is 1. The molecule has 1 aromatic heterocycles. The summed E-state index contributed by atoms with van der Waals surface area (Å²) in [6.07, 6.45) is 5.81. The predicted molar refractivity (Wildman–Crippen MR) is 78.2 cm³/mol. The van der Waals surface area contributed by atoms with Gasteiger partial charge in [-0.05, 0) is 71.2 Å². The number of hydrogen-bond acceptors (Lipinski definition) is 2. The van der Waals surface area contributed by atoms with Gasteiger partial charge in [0.25, 0.3) is 0 Å². The third-order valence-electron chi connectivity index (χ3n) is 3.74. The molecule has 1 atom stereocenters. The summed E-state index contributed by atoms with van der Waals surface area (Å²) in [7, 11) is 0. The van der Waals surface area contributed by atoms with Crippen LogP contribution < -0.4 is 5.73 Å². The van der Waals surface area contributed by atoms with Gasteiger partial charge in [-0.1, -0.05) is 18.2 Å². The molecule has 3 rings (SSSR count). The Hall–Kier alpha value is -1.12. The molecule has 0 saturated carbocycles. The largest absolute Gasteiger partial charge is 0.327 e. The highest BCUT2D eigenvalue weighted by atomic mass is 32.1. The molecular formula is C16H19NS. The molecule has 2 heteroatoms. The Bertz CT molecular complexity index is 516. The van der Waals surface area contributed by atoms with E-state index in [1.54, 1.807) is 22.5 Å². The molecule has 0 radical (unpaired) electrons. The molecule has 1 unspecified atom stereocenters. The zero-order valence-electron chi connectivity index (χ0n) is 10.6. The van der Waals surface area contributed by atoms with Crippen LogP contribution in [0.2, 0.25) is 0 Å². The highest BCUT2D eigenvalue weighted by Gasteiger charge is 2.12. The van der Waals surface area contributed by atoms with Crippen LogP contribution in [0.4, 0.5) is 0 Å². The number of rotatable bonds is 4. The second-order valence-corrected chi connectivity index (χ2v) is 6.04. The Morgan fingerprint density at radius 1 is 1.06 bits per heavy atom. The van der Waals surface area contributed by atoms with Gasteiger partial charge in [0, 0.05) is 6.04 Å². The van der Waals surface area contributed by atoms with Gasteiger partial charge in [-0.3, -0.25) is 0 Å². The van der Waals surface area contributed by atoms with Crippen LogP contribution in [-0.2, 0) is 25.7 Å². The van der Waals surface area contributed by atoms with Crippen molar-refractivity contribution >= 4 is 11.3 Å². The van der Waals surface area contributed by atoms with E-state index in [1.165, 1.54) is 30.4 Å². The van der Waals surface area contributed by atoms with Crippen molar-refractivity contribution in [3.05, 3.63) is 57.3 Å². The molecule has 0 fully saturated rings. The zero-order valence-corrected chi connectivity index (χ0v) is 11.4. The molecule has 1 aliphatic rings. The molecule has 0 aliphatic heterocycles. The van der Waals surface area contributed by atoms with E-state index in [2.05, 4.69) is 35.0 Å². The van der Waals surface area contributed by atoms with E-state index in [-0.39, 0.29) is 6.04 Å². The maximum atomic E-state index is 6.25. The first-order valence-electron chi connectivity index (χ1n) is 6.68. The van der Waals surface area contributed by atoms with E-state index in [1.807, 2.05) is 0 Å². The van der Waals surface area contributed by atoms with Gasteiger partial charge >= 0.3 is 0 Å². The van der Waals surface area contributed by atoms with Crippen LogP contribution in [0.15, 0.2) is 35.0 Å². The summed E-state index contributed by atoms with van der Waals surface area (Å²) in [4.78, 5) is 0. The first-order valence-corrected chi connectivity index (χ1v) is 7.63. The topological polar surface area (TPSA) is 26.0 Å². The summed E-state index contributed by atoms with van der Waals surface area (Å²) < 4.78 is 0. The molecule has 1 heterocycles. The van der Waals surface area contributed by atoms with E-state index in [0.717, 1.165) is 12.8 Å². The van der Waals surface area contributed by atoms with Gasteiger partial charge in [0.2, 0.25) is 0 Å². The summed E-state index contributed by atoms with van der Waals surface area (Å²) in [5, 5.41) is 4.32. The Balaban J connectivity index is 1.65. The first kappa shape index (κ1) is 11.9. The third-order valence-corrected chi connectivity index (χ3v) is 4.47. The molecule has 18 heavy (non-hydrogen) atoms. The number of hydrogen-bond donors (Lipinski definition) is 1. The monoisotopic (exact) mass is 257 g/mol. The third kappa shape index (κ3) is 2.65. The molecule has 0 spiro atoms. The lowest BCUT2D eigenvalue weighted by atomic mass is 9.98. The second-order valence-electron chi connectivity index (χ2n) is 5.26. The molecule has 0 amide bonds. The van der Waals surface area contributed by atoms with Crippen LogP contribution in [0, 0.1) is 0 Å². The minimum atomic E-state index is 0.235. The van der Waals surface area contributed by atoms with E-state index in [9.17, 15) is 0 Å². The number of benzene rings is 1. The van der Waals surface area contributed by atoms with Crippen LogP contribution in [0.25, 0.3) is 0 Å². The fourth-order valence-corrected chi connectivity index (χ4v) is 3.52. The first-order chi connectivity index (χ1) is 8.81. The highest BCUT2D eigenvalue weighted by molar-refractivity contribution is 7.07. The smallest absolute Gasteiger partial charge is 0.0120 e. The Morgan fingerprint density at radius 3 is 2.72 bits per heavy atom. The van der Waals surface area contributed by atoms with E-state index >= 15 is 0 Å². The average Bonchev–Trinajstić information content (AvgIpc) is 2.98. The molecule has 1 aliphatic carbocycles. The van der Waals surface area contributed by atoms with Crippen molar-refractivity contribution in [3.8, 4) is 0 Å². The van der Waals surface area contributed by atoms with Gasteiger partial charge in [0.1, 0.15) is 0 Å². The standard InChI is InChI=1S/C16H19NS/c17-16(10-13-6-7-18-11-13)9-12-4-5-14-2-1-3-15(14)8-12/h4-8,11,16H,1-3,9-10,17H2. The van der Waals surface area contributed by atoms with Gasteiger partial charge in [-0.2, -0.15) is 11.3 Å². The molecular weight excluding hydrogens is 238 g/mol. The lowest BCUT2D eigenvalue weighted by Crippen LogP contribution is -2.25. The second kappa shape index (κ2) is 5.25. The molecule has 2 aromatic rings. The summed E-state index contributed by atoms with van der Waals surface area (Å²) >= 11 is 1.75. The number of aryl methyl sites for hydroxylation is 2. The average molecular weight is 257 g/mol. The Labute approximate surface area is 113 Å². The SMILES string of the molecule is NC(Cc1ccsc1)Cc1ccc2c(c1)CCC2. The van der Waals surface area contributed by atoms with Crippen molar-refractivity contribution in [1.29, 1.82) is 0 Å². The molecule has 94 valence electrons. The normalized spacial score (nSPS) is 15.6. The maximum Gasteiger partial charge on any atom is 0.0120 e. The summed E-state index contributed by atoms with van der Waals surface area (Å²) in [5.74, 6) is 0. The van der Waals surface area contributed by atoms with Crippen LogP contribution >= 0.6 is 11.3 Å². The minimum Gasteiger partial charge on any atom is -0.327 e. The number of fused-ring (bicyclic) bond motifs is 1. The van der Waals surface area contributed by atoms with Crippen molar-refractivity contribution in [2.24, 2.45) is 5.73 Å². The minimum absolute atomic E-state index is 0.235. The van der Waals surface area contributed by atoms with Gasteiger partial charge in [0.15, 0.2) is 0 Å². The Kier molecular flexibility index (Phi) is 3.48. The zero-order chi connectivity index (χ0) is 12.4. The van der Waals surface area contributed by atoms with E-state index in [0.29, 0.717) is 0 Å². The lowest BCUT2D eigenvalue weighted by molar-refractivity contribution is 0.665. The molecule has 0 saturated heterocycles. The van der Waals surface area contributed by atoms with Gasteiger partial charge in [0.05, 0.1) is 0 Å². The van der Waals surface area contributed by atoms with Crippen LogP contribution in [0.3, 0.4) is 0 Å². The number of nitrogens with two attached hydrogens (primary N) is 1. The van der Waals surface area contributed by atoms with Crippen LogP contribution in [0.1, 0.15) is 28.7 Å². The highest BCUT2D eigenvalue weighted by Crippen LogP contribution is 2.23. The van der Waals surface area contributed by atoms with E-state index in [4.69, 9.17) is 5.73 Å². The van der Waals surface area contributed by atoms with Crippen LogP contribution in [-0.4, -0.2) is 6.04 Å². The fourth-order valence-electron chi connectivity index (χ4n) is 2.84. The van der Waals surface area contributed by atoms with Crippen LogP contribution in [0.5, 0.6) is 0 Å².